The number of likely N-dealkylation sites (tertiary alicyclic amines) is 1. The van der Waals surface area contributed by atoms with Gasteiger partial charge in [0, 0.05) is 32.1 Å². The van der Waals surface area contributed by atoms with E-state index in [1.165, 1.54) is 0 Å². The first kappa shape index (κ1) is 14.8. The number of ether oxygens (including phenoxy) is 1. The molecule has 1 rings (SSSR count). The Morgan fingerprint density at radius 2 is 2.00 bits per heavy atom. The fourth-order valence-electron chi connectivity index (χ4n) is 1.96. The van der Waals surface area contributed by atoms with Crippen LogP contribution in [0.15, 0.2) is 0 Å². The molecule has 1 saturated heterocycles. The van der Waals surface area contributed by atoms with Crippen LogP contribution >= 0.6 is 0 Å². The van der Waals surface area contributed by atoms with Gasteiger partial charge >= 0.3 is 6.09 Å². The molecular formula is C12H23N3O3. The molecule has 2 amide bonds. The van der Waals surface area contributed by atoms with E-state index in [4.69, 9.17) is 4.74 Å². The second-order valence-electron chi connectivity index (χ2n) is 4.38. The molecule has 0 spiro atoms. The number of rotatable bonds is 5. The molecule has 2 N–H and O–H groups in total. The van der Waals surface area contributed by atoms with E-state index in [0.29, 0.717) is 32.7 Å². The van der Waals surface area contributed by atoms with Crippen LogP contribution in [0.3, 0.4) is 0 Å². The number of nitrogens with zero attached hydrogens (tertiary/aromatic N) is 1. The summed E-state index contributed by atoms with van der Waals surface area (Å²) in [4.78, 5) is 24.7. The quantitative estimate of drug-likeness (QED) is 0.745. The van der Waals surface area contributed by atoms with Gasteiger partial charge in [-0.2, -0.15) is 0 Å². The van der Waals surface area contributed by atoms with Crippen LogP contribution in [0.25, 0.3) is 0 Å². The highest BCUT2D eigenvalue weighted by Crippen LogP contribution is 2.11. The van der Waals surface area contributed by atoms with Crippen molar-refractivity contribution in [2.45, 2.75) is 32.2 Å². The highest BCUT2D eigenvalue weighted by molar-refractivity contribution is 5.76. The summed E-state index contributed by atoms with van der Waals surface area (Å²) in [6.45, 7) is 4.19. The number of amides is 2. The van der Waals surface area contributed by atoms with Crippen molar-refractivity contribution >= 4 is 12.0 Å². The lowest BCUT2D eigenvalue weighted by atomic mass is 10.1. The zero-order valence-corrected chi connectivity index (χ0v) is 11.2. The monoisotopic (exact) mass is 257 g/mol. The molecule has 0 radical (unpaired) electrons. The standard InChI is InChI=1S/C12H23N3O3/c1-3-18-12(17)15-8-5-10(6-9-15)14-11(16)4-7-13-2/h10,13H,3-9H2,1-2H3,(H,14,16). The highest BCUT2D eigenvalue weighted by atomic mass is 16.6. The van der Waals surface area contributed by atoms with Gasteiger partial charge in [-0.3, -0.25) is 4.79 Å². The Hall–Kier alpha value is -1.30. The smallest absolute Gasteiger partial charge is 0.409 e. The summed E-state index contributed by atoms with van der Waals surface area (Å²) in [5.74, 6) is 0.0685. The fourth-order valence-corrected chi connectivity index (χ4v) is 1.96. The van der Waals surface area contributed by atoms with Gasteiger partial charge in [0.2, 0.25) is 5.91 Å². The van der Waals surface area contributed by atoms with E-state index in [0.717, 1.165) is 12.8 Å². The molecule has 0 saturated carbocycles. The SMILES string of the molecule is CCOC(=O)N1CCC(NC(=O)CCNC)CC1. The molecule has 6 nitrogen and oxygen atoms in total. The number of carbonyl (C=O) groups excluding carboxylic acids is 2. The number of hydrogen-bond donors (Lipinski definition) is 2. The van der Waals surface area contributed by atoms with Gasteiger partial charge in [0.05, 0.1) is 6.61 Å². The third-order valence-corrected chi connectivity index (χ3v) is 2.99. The average molecular weight is 257 g/mol. The van der Waals surface area contributed by atoms with E-state index in [2.05, 4.69) is 10.6 Å². The zero-order chi connectivity index (χ0) is 13.4. The van der Waals surface area contributed by atoms with Gasteiger partial charge in [0.1, 0.15) is 0 Å². The van der Waals surface area contributed by atoms with Crippen LogP contribution in [0.2, 0.25) is 0 Å². The molecule has 1 aliphatic rings. The normalized spacial score (nSPS) is 16.4. The molecule has 1 aliphatic heterocycles. The molecular weight excluding hydrogens is 234 g/mol. The number of nitrogens with one attached hydrogen (secondary N) is 2. The third-order valence-electron chi connectivity index (χ3n) is 2.99. The third kappa shape index (κ3) is 4.91. The summed E-state index contributed by atoms with van der Waals surface area (Å²) in [5.41, 5.74) is 0. The predicted molar refractivity (Wildman–Crippen MR) is 68.3 cm³/mol. The lowest BCUT2D eigenvalue weighted by molar-refractivity contribution is -0.121. The molecule has 1 heterocycles. The van der Waals surface area contributed by atoms with Crippen molar-refractivity contribution in [1.29, 1.82) is 0 Å². The van der Waals surface area contributed by atoms with Gasteiger partial charge in [0.25, 0.3) is 0 Å². The maximum absolute atomic E-state index is 11.5. The zero-order valence-electron chi connectivity index (χ0n) is 11.2. The summed E-state index contributed by atoms with van der Waals surface area (Å²) in [6.07, 6.45) is 1.83. The van der Waals surface area contributed by atoms with Crippen molar-refractivity contribution in [2.24, 2.45) is 0 Å². The minimum absolute atomic E-state index is 0.0685. The van der Waals surface area contributed by atoms with Crippen molar-refractivity contribution < 1.29 is 14.3 Å². The summed E-state index contributed by atoms with van der Waals surface area (Å²) < 4.78 is 4.94. The Bertz CT molecular complexity index is 276. The van der Waals surface area contributed by atoms with Gasteiger partial charge in [-0.1, -0.05) is 0 Å². The molecule has 0 unspecified atom stereocenters. The molecule has 0 aromatic carbocycles. The number of carbonyl (C=O) groups is 2. The summed E-state index contributed by atoms with van der Waals surface area (Å²) >= 11 is 0. The van der Waals surface area contributed by atoms with Crippen LogP contribution in [-0.2, 0) is 9.53 Å². The van der Waals surface area contributed by atoms with Crippen molar-refractivity contribution in [2.75, 3.05) is 33.3 Å². The van der Waals surface area contributed by atoms with Crippen LogP contribution in [-0.4, -0.2) is 56.2 Å². The van der Waals surface area contributed by atoms with Crippen LogP contribution < -0.4 is 10.6 Å². The van der Waals surface area contributed by atoms with Crippen LogP contribution in [0.4, 0.5) is 4.79 Å². The maximum Gasteiger partial charge on any atom is 0.409 e. The molecule has 0 aromatic rings. The number of hydrogen-bond acceptors (Lipinski definition) is 4. The Morgan fingerprint density at radius 3 is 2.56 bits per heavy atom. The van der Waals surface area contributed by atoms with Gasteiger partial charge in [-0.05, 0) is 26.8 Å². The summed E-state index contributed by atoms with van der Waals surface area (Å²) in [7, 11) is 1.82. The molecule has 0 bridgehead atoms. The van der Waals surface area contributed by atoms with Gasteiger partial charge in [-0.15, -0.1) is 0 Å². The van der Waals surface area contributed by atoms with Gasteiger partial charge in [-0.25, -0.2) is 4.79 Å². The average Bonchev–Trinajstić information content (AvgIpc) is 2.37. The van der Waals surface area contributed by atoms with Crippen LogP contribution in [0.5, 0.6) is 0 Å². The van der Waals surface area contributed by atoms with Crippen LogP contribution in [0, 0.1) is 0 Å². The Morgan fingerprint density at radius 1 is 1.33 bits per heavy atom. The fraction of sp³-hybridized carbons (Fsp3) is 0.833. The predicted octanol–water partition coefficient (Wildman–Crippen LogP) is 0.333. The molecule has 1 fully saturated rings. The van der Waals surface area contributed by atoms with Crippen molar-refractivity contribution in [3.8, 4) is 0 Å². The van der Waals surface area contributed by atoms with E-state index in [9.17, 15) is 9.59 Å². The molecule has 6 heteroatoms. The second-order valence-corrected chi connectivity index (χ2v) is 4.38. The van der Waals surface area contributed by atoms with E-state index in [1.54, 1.807) is 11.8 Å². The van der Waals surface area contributed by atoms with Crippen molar-refractivity contribution in [3.05, 3.63) is 0 Å². The molecule has 18 heavy (non-hydrogen) atoms. The lowest BCUT2D eigenvalue weighted by Gasteiger charge is -2.31. The van der Waals surface area contributed by atoms with Crippen molar-refractivity contribution in [1.82, 2.24) is 15.5 Å². The lowest BCUT2D eigenvalue weighted by Crippen LogP contribution is -2.47. The first-order chi connectivity index (χ1) is 8.67. The summed E-state index contributed by atoms with van der Waals surface area (Å²) in [5, 5.41) is 5.93. The van der Waals surface area contributed by atoms with E-state index >= 15 is 0 Å². The van der Waals surface area contributed by atoms with Crippen LogP contribution in [0.1, 0.15) is 26.2 Å². The van der Waals surface area contributed by atoms with Gasteiger partial charge in [0.15, 0.2) is 0 Å². The number of piperidine rings is 1. The molecule has 0 aliphatic carbocycles. The van der Waals surface area contributed by atoms with E-state index < -0.39 is 0 Å². The minimum Gasteiger partial charge on any atom is -0.450 e. The maximum atomic E-state index is 11.5. The van der Waals surface area contributed by atoms with Gasteiger partial charge < -0.3 is 20.3 Å². The summed E-state index contributed by atoms with van der Waals surface area (Å²) in [6, 6.07) is 0.181. The molecule has 104 valence electrons. The minimum atomic E-state index is -0.252. The Balaban J connectivity index is 2.22. The van der Waals surface area contributed by atoms with E-state index in [1.807, 2.05) is 7.05 Å². The first-order valence-electron chi connectivity index (χ1n) is 6.53. The Kier molecular flexibility index (Phi) is 6.49. The van der Waals surface area contributed by atoms with Crippen molar-refractivity contribution in [3.63, 3.8) is 0 Å². The second kappa shape index (κ2) is 7.92. The first-order valence-corrected chi connectivity index (χ1v) is 6.53. The molecule has 0 aromatic heterocycles. The molecule has 0 atom stereocenters. The van der Waals surface area contributed by atoms with E-state index in [-0.39, 0.29) is 18.0 Å². The topological polar surface area (TPSA) is 70.7 Å². The highest BCUT2D eigenvalue weighted by Gasteiger charge is 2.24. The Labute approximate surface area is 108 Å². The largest absolute Gasteiger partial charge is 0.450 e.